The van der Waals surface area contributed by atoms with Crippen LogP contribution in [-0.2, 0) is 14.3 Å². The summed E-state index contributed by atoms with van der Waals surface area (Å²) < 4.78 is 6.18. The number of Topliss-reactive ketones (excluding diaryl/α,β-unsaturated/α-hetero) is 1. The van der Waals surface area contributed by atoms with Crippen molar-refractivity contribution in [2.24, 2.45) is 56.2 Å². The average molecular weight is 471 g/mol. The maximum absolute atomic E-state index is 14.3. The number of rotatable bonds is 0. The first kappa shape index (κ1) is 23.5. The van der Waals surface area contributed by atoms with Gasteiger partial charge >= 0.3 is 5.97 Å². The molecule has 34 heavy (non-hydrogen) atoms. The molecule has 6 rings (SSSR count). The maximum atomic E-state index is 14.3. The molecule has 1 saturated heterocycles. The van der Waals surface area contributed by atoms with E-state index in [0.717, 1.165) is 51.4 Å². The van der Waals surface area contributed by atoms with Gasteiger partial charge in [0, 0.05) is 23.7 Å². The van der Waals surface area contributed by atoms with Crippen molar-refractivity contribution in [2.75, 3.05) is 0 Å². The van der Waals surface area contributed by atoms with E-state index >= 15 is 0 Å². The molecule has 190 valence electrons. The zero-order chi connectivity index (χ0) is 24.7. The van der Waals surface area contributed by atoms with Gasteiger partial charge in [-0.15, -0.1) is 0 Å². The van der Waals surface area contributed by atoms with E-state index in [1.807, 2.05) is 0 Å². The van der Waals surface area contributed by atoms with Crippen molar-refractivity contribution in [1.29, 1.82) is 0 Å². The number of carbonyl (C=O) groups is 2. The van der Waals surface area contributed by atoms with E-state index in [4.69, 9.17) is 4.74 Å². The van der Waals surface area contributed by atoms with E-state index in [2.05, 4.69) is 48.5 Å². The van der Waals surface area contributed by atoms with E-state index in [-0.39, 0.29) is 57.1 Å². The second kappa shape index (κ2) is 6.50. The van der Waals surface area contributed by atoms with Crippen molar-refractivity contribution in [3.05, 3.63) is 0 Å². The summed E-state index contributed by atoms with van der Waals surface area (Å²) in [5, 5.41) is 10.9. The van der Waals surface area contributed by atoms with E-state index in [9.17, 15) is 14.7 Å². The van der Waals surface area contributed by atoms with Gasteiger partial charge in [-0.2, -0.15) is 0 Å². The number of esters is 1. The third-order valence-electron chi connectivity index (χ3n) is 13.8. The Balaban J connectivity index is 1.45. The van der Waals surface area contributed by atoms with Crippen LogP contribution in [0.2, 0.25) is 0 Å². The minimum absolute atomic E-state index is 0.00566. The number of fused-ring (bicyclic) bond motifs is 5. The highest BCUT2D eigenvalue weighted by Crippen LogP contribution is 2.77. The van der Waals surface area contributed by atoms with Crippen molar-refractivity contribution in [1.82, 2.24) is 0 Å². The van der Waals surface area contributed by atoms with Crippen LogP contribution in [0.1, 0.15) is 106 Å². The van der Waals surface area contributed by atoms with Gasteiger partial charge < -0.3 is 9.84 Å². The Labute approximate surface area is 206 Å². The standard InChI is InChI=1S/C30H46O4/c1-25(2)12-14-30-15-13-29(7)21(22(30)23(25)34-24(30)33)17(31)16-19-27(5)10-9-20(32)26(3,4)18(27)8-11-28(19,29)6/h18-23,32H,8-16H2,1-7H3/t18-,19+,20-,21-,22+,23+,27-,28+,29+,30-/m0/s1. The van der Waals surface area contributed by atoms with Crippen LogP contribution in [0.5, 0.6) is 0 Å². The Kier molecular flexibility index (Phi) is 4.49. The normalized spacial score (nSPS) is 57.1. The summed E-state index contributed by atoms with van der Waals surface area (Å²) in [5.41, 5.74) is -0.564. The summed E-state index contributed by atoms with van der Waals surface area (Å²) >= 11 is 0. The van der Waals surface area contributed by atoms with Gasteiger partial charge in [0.15, 0.2) is 0 Å². The molecule has 4 nitrogen and oxygen atoms in total. The third-order valence-corrected chi connectivity index (χ3v) is 13.8. The van der Waals surface area contributed by atoms with Crippen LogP contribution in [0.15, 0.2) is 0 Å². The summed E-state index contributed by atoms with van der Waals surface area (Å²) in [7, 11) is 0. The number of ketones is 1. The van der Waals surface area contributed by atoms with Gasteiger partial charge in [0.25, 0.3) is 0 Å². The minimum atomic E-state index is -0.429. The Morgan fingerprint density at radius 1 is 0.794 bits per heavy atom. The van der Waals surface area contributed by atoms with Crippen molar-refractivity contribution in [2.45, 2.75) is 118 Å². The van der Waals surface area contributed by atoms with Crippen LogP contribution in [0.25, 0.3) is 0 Å². The first-order valence-electron chi connectivity index (χ1n) is 14.1. The zero-order valence-corrected chi connectivity index (χ0v) is 22.5. The number of hydrogen-bond acceptors (Lipinski definition) is 4. The van der Waals surface area contributed by atoms with Gasteiger partial charge in [0.2, 0.25) is 0 Å². The number of aliphatic hydroxyl groups excluding tert-OH is 1. The van der Waals surface area contributed by atoms with Gasteiger partial charge in [-0.3, -0.25) is 9.59 Å². The van der Waals surface area contributed by atoms with Gasteiger partial charge in [-0.25, -0.2) is 0 Å². The first-order chi connectivity index (χ1) is 15.7. The van der Waals surface area contributed by atoms with E-state index in [1.165, 1.54) is 0 Å². The summed E-state index contributed by atoms with van der Waals surface area (Å²) in [6.07, 6.45) is 8.10. The van der Waals surface area contributed by atoms with Crippen LogP contribution in [0.3, 0.4) is 0 Å². The average Bonchev–Trinajstić information content (AvgIpc) is 3.00. The first-order valence-corrected chi connectivity index (χ1v) is 14.1. The highest BCUT2D eigenvalue weighted by atomic mass is 16.6. The summed E-state index contributed by atoms with van der Waals surface area (Å²) in [6, 6.07) is 0. The molecule has 0 unspecified atom stereocenters. The Morgan fingerprint density at radius 3 is 2.18 bits per heavy atom. The highest BCUT2D eigenvalue weighted by Gasteiger charge is 2.77. The summed E-state index contributed by atoms with van der Waals surface area (Å²) in [6.45, 7) is 16.4. The molecule has 0 radical (unpaired) electrons. The Hall–Kier alpha value is -0.900. The smallest absolute Gasteiger partial charge is 0.312 e. The van der Waals surface area contributed by atoms with Crippen LogP contribution in [0.4, 0.5) is 0 Å². The number of ether oxygens (including phenoxy) is 1. The number of hydrogen-bond donors (Lipinski definition) is 1. The SMILES string of the molecule is CC1(C)CC[C@]23CC[C@]4(C)[C@@H](C(=O)C[C@@H]5[C@@]6(C)CC[C@H](O)C(C)(C)[C@@H]6CC[C@]54C)[C@@H]2[C@H]1OC3=O. The quantitative estimate of drug-likeness (QED) is 0.445. The van der Waals surface area contributed by atoms with E-state index < -0.39 is 5.41 Å². The molecule has 0 amide bonds. The molecule has 2 bridgehead atoms. The molecule has 1 aliphatic heterocycles. The van der Waals surface area contributed by atoms with Crippen LogP contribution in [0, 0.1) is 56.2 Å². The van der Waals surface area contributed by atoms with Crippen LogP contribution < -0.4 is 0 Å². The molecular formula is C30H46O4. The molecular weight excluding hydrogens is 424 g/mol. The molecule has 6 aliphatic rings. The fourth-order valence-electron chi connectivity index (χ4n) is 11.5. The lowest BCUT2D eigenvalue weighted by Crippen LogP contribution is -2.70. The largest absolute Gasteiger partial charge is 0.461 e. The lowest BCUT2D eigenvalue weighted by molar-refractivity contribution is -0.243. The van der Waals surface area contributed by atoms with Gasteiger partial charge in [-0.05, 0) is 84.9 Å². The highest BCUT2D eigenvalue weighted by molar-refractivity contribution is 5.88. The monoisotopic (exact) mass is 470 g/mol. The van der Waals surface area contributed by atoms with Crippen molar-refractivity contribution in [3.8, 4) is 0 Å². The van der Waals surface area contributed by atoms with Crippen LogP contribution >= 0.6 is 0 Å². The molecule has 1 N–H and O–H groups in total. The van der Waals surface area contributed by atoms with E-state index in [0.29, 0.717) is 24.0 Å². The fourth-order valence-corrected chi connectivity index (χ4v) is 11.5. The molecule has 6 fully saturated rings. The van der Waals surface area contributed by atoms with Crippen molar-refractivity contribution in [3.63, 3.8) is 0 Å². The third kappa shape index (κ3) is 2.41. The zero-order valence-electron chi connectivity index (χ0n) is 22.5. The second-order valence-corrected chi connectivity index (χ2v) is 15.5. The Morgan fingerprint density at radius 2 is 1.47 bits per heavy atom. The van der Waals surface area contributed by atoms with Crippen LogP contribution in [-0.4, -0.2) is 29.1 Å². The maximum Gasteiger partial charge on any atom is 0.312 e. The molecule has 1 heterocycles. The lowest BCUT2D eigenvalue weighted by atomic mass is 9.31. The topological polar surface area (TPSA) is 63.6 Å². The molecule has 0 aromatic rings. The number of carbonyl (C=O) groups excluding carboxylic acids is 2. The molecule has 0 spiro atoms. The van der Waals surface area contributed by atoms with Gasteiger partial charge in [0.05, 0.1) is 11.5 Å². The summed E-state index contributed by atoms with van der Waals surface area (Å²) in [5.74, 6) is 1.17. The predicted molar refractivity (Wildman–Crippen MR) is 131 cm³/mol. The van der Waals surface area contributed by atoms with Crippen molar-refractivity contribution >= 4 is 11.8 Å². The fraction of sp³-hybridized carbons (Fsp3) is 0.933. The molecule has 10 atom stereocenters. The number of aliphatic hydroxyl groups is 1. The molecule has 5 saturated carbocycles. The second-order valence-electron chi connectivity index (χ2n) is 15.5. The van der Waals surface area contributed by atoms with Crippen molar-refractivity contribution < 1.29 is 19.4 Å². The minimum Gasteiger partial charge on any atom is -0.461 e. The molecule has 4 heteroatoms. The molecule has 5 aliphatic carbocycles. The summed E-state index contributed by atoms with van der Waals surface area (Å²) in [4.78, 5) is 27.7. The lowest BCUT2D eigenvalue weighted by Gasteiger charge is -2.72. The Bertz CT molecular complexity index is 951. The molecule has 0 aromatic heterocycles. The van der Waals surface area contributed by atoms with E-state index in [1.54, 1.807) is 0 Å². The predicted octanol–water partition coefficient (Wildman–Crippen LogP) is 5.94. The molecule has 0 aromatic carbocycles. The van der Waals surface area contributed by atoms with Gasteiger partial charge in [0.1, 0.15) is 11.9 Å². The van der Waals surface area contributed by atoms with Gasteiger partial charge in [-0.1, -0.05) is 48.5 Å².